The molecule has 0 spiro atoms. The van der Waals surface area contributed by atoms with Crippen molar-refractivity contribution >= 4 is 37.5 Å². The number of sulfone groups is 1. The number of thiazole rings is 1. The minimum absolute atomic E-state index is 0.0574. The minimum atomic E-state index is -3.68. The van der Waals surface area contributed by atoms with Crippen molar-refractivity contribution in [1.82, 2.24) is 20.5 Å². The molecule has 0 saturated heterocycles. The van der Waals surface area contributed by atoms with Crippen LogP contribution >= 0.6 is 11.3 Å². The standard InChI is InChI=1S/C23H24N4O5S2/c1-23(2,3)32-22(28)24-13-18-26-27-20(31-18)19(34(4,29)30)21-25-16-11-10-15(12-17(16)33-21)14-8-6-5-7-9-14/h5-12,19H,13H2,1-4H3,(H,24,28). The zero-order valence-electron chi connectivity index (χ0n) is 19.1. The van der Waals surface area contributed by atoms with Crippen LogP contribution in [-0.4, -0.2) is 41.5 Å². The highest BCUT2D eigenvalue weighted by Gasteiger charge is 2.34. The van der Waals surface area contributed by atoms with Crippen LogP contribution in [0.2, 0.25) is 0 Å². The first-order valence-corrected chi connectivity index (χ1v) is 13.2. The van der Waals surface area contributed by atoms with Crippen molar-refractivity contribution in [1.29, 1.82) is 0 Å². The van der Waals surface area contributed by atoms with Gasteiger partial charge in [0, 0.05) is 6.26 Å². The molecule has 0 aliphatic carbocycles. The van der Waals surface area contributed by atoms with Crippen LogP contribution in [0.1, 0.15) is 42.8 Å². The first-order chi connectivity index (χ1) is 16.0. The monoisotopic (exact) mass is 500 g/mol. The number of ether oxygens (including phenoxy) is 1. The normalized spacial score (nSPS) is 13.1. The highest BCUT2D eigenvalue weighted by atomic mass is 32.2. The summed E-state index contributed by atoms with van der Waals surface area (Å²) in [4.78, 5) is 16.4. The summed E-state index contributed by atoms with van der Waals surface area (Å²) >= 11 is 1.26. The van der Waals surface area contributed by atoms with Gasteiger partial charge in [-0.05, 0) is 44.0 Å². The third kappa shape index (κ3) is 5.60. The molecule has 2 aromatic carbocycles. The Bertz CT molecular complexity index is 1420. The number of hydrogen-bond donors (Lipinski definition) is 1. The van der Waals surface area contributed by atoms with Crippen LogP contribution in [0.4, 0.5) is 4.79 Å². The summed E-state index contributed by atoms with van der Waals surface area (Å²) in [5.41, 5.74) is 2.09. The molecule has 2 heterocycles. The number of fused-ring (bicyclic) bond motifs is 1. The zero-order valence-corrected chi connectivity index (χ0v) is 20.7. The number of amides is 1. The summed E-state index contributed by atoms with van der Waals surface area (Å²) in [6, 6.07) is 15.7. The predicted molar refractivity (Wildman–Crippen MR) is 129 cm³/mol. The number of benzene rings is 2. The Morgan fingerprint density at radius 2 is 1.85 bits per heavy atom. The average molecular weight is 501 g/mol. The van der Waals surface area contributed by atoms with E-state index in [-0.39, 0.29) is 18.3 Å². The third-order valence-corrected chi connectivity index (χ3v) is 7.17. The molecule has 0 saturated carbocycles. The van der Waals surface area contributed by atoms with Crippen LogP contribution in [0, 0.1) is 0 Å². The largest absolute Gasteiger partial charge is 0.444 e. The molecule has 2 aromatic heterocycles. The molecule has 1 amide bonds. The molecule has 34 heavy (non-hydrogen) atoms. The molecule has 178 valence electrons. The molecule has 0 aliphatic heterocycles. The maximum Gasteiger partial charge on any atom is 0.408 e. The summed E-state index contributed by atoms with van der Waals surface area (Å²) in [7, 11) is -3.68. The Labute approximate surface area is 201 Å². The second-order valence-electron chi connectivity index (χ2n) is 8.70. The van der Waals surface area contributed by atoms with E-state index in [9.17, 15) is 13.2 Å². The number of aromatic nitrogens is 3. The zero-order chi connectivity index (χ0) is 24.5. The van der Waals surface area contributed by atoms with E-state index in [0.717, 1.165) is 22.1 Å². The van der Waals surface area contributed by atoms with Gasteiger partial charge in [-0.25, -0.2) is 18.2 Å². The molecule has 0 bridgehead atoms. The topological polar surface area (TPSA) is 124 Å². The Balaban J connectivity index is 1.60. The van der Waals surface area contributed by atoms with Crippen molar-refractivity contribution in [3.8, 4) is 11.1 Å². The van der Waals surface area contributed by atoms with Crippen LogP contribution in [-0.2, 0) is 21.1 Å². The van der Waals surface area contributed by atoms with E-state index in [1.54, 1.807) is 20.8 Å². The van der Waals surface area contributed by atoms with Crippen molar-refractivity contribution in [2.45, 2.75) is 38.2 Å². The van der Waals surface area contributed by atoms with Gasteiger partial charge in [0.2, 0.25) is 11.8 Å². The lowest BCUT2D eigenvalue weighted by atomic mass is 10.1. The molecule has 4 aromatic rings. The number of hydrogen-bond acceptors (Lipinski definition) is 9. The van der Waals surface area contributed by atoms with E-state index < -0.39 is 26.8 Å². The number of carbonyl (C=O) groups is 1. The van der Waals surface area contributed by atoms with Gasteiger partial charge in [-0.15, -0.1) is 21.5 Å². The molecule has 1 unspecified atom stereocenters. The van der Waals surface area contributed by atoms with Crippen molar-refractivity contribution in [3.05, 3.63) is 65.3 Å². The molecule has 9 nitrogen and oxygen atoms in total. The van der Waals surface area contributed by atoms with E-state index in [1.165, 1.54) is 11.3 Å². The Hall–Kier alpha value is -3.31. The highest BCUT2D eigenvalue weighted by Crippen LogP contribution is 2.36. The summed E-state index contributed by atoms with van der Waals surface area (Å²) in [5.74, 6) is -0.0483. The van der Waals surface area contributed by atoms with Gasteiger partial charge < -0.3 is 14.5 Å². The van der Waals surface area contributed by atoms with Gasteiger partial charge in [0.25, 0.3) is 0 Å². The highest BCUT2D eigenvalue weighted by molar-refractivity contribution is 7.91. The van der Waals surface area contributed by atoms with E-state index in [4.69, 9.17) is 9.15 Å². The van der Waals surface area contributed by atoms with Crippen molar-refractivity contribution in [3.63, 3.8) is 0 Å². The smallest absolute Gasteiger partial charge is 0.408 e. The maximum absolute atomic E-state index is 12.7. The fourth-order valence-electron chi connectivity index (χ4n) is 3.24. The second-order valence-corrected chi connectivity index (χ2v) is 11.9. The molecule has 4 rings (SSSR count). The number of carbonyl (C=O) groups excluding carboxylic acids is 1. The van der Waals surface area contributed by atoms with Gasteiger partial charge in [-0.2, -0.15) is 0 Å². The van der Waals surface area contributed by atoms with Crippen LogP contribution in [0.3, 0.4) is 0 Å². The Kier molecular flexibility index (Phi) is 6.41. The summed E-state index contributed by atoms with van der Waals surface area (Å²) in [6.07, 6.45) is 0.453. The van der Waals surface area contributed by atoms with Crippen LogP contribution in [0.5, 0.6) is 0 Å². The average Bonchev–Trinajstić information content (AvgIpc) is 3.37. The summed E-state index contributed by atoms with van der Waals surface area (Å²) < 4.78 is 37.0. The van der Waals surface area contributed by atoms with Crippen molar-refractivity contribution < 1.29 is 22.4 Å². The lowest BCUT2D eigenvalue weighted by Crippen LogP contribution is -2.32. The first kappa shape index (κ1) is 23.8. The molecule has 1 atom stereocenters. The summed E-state index contributed by atoms with van der Waals surface area (Å²) in [6.45, 7) is 5.14. The third-order valence-electron chi connectivity index (χ3n) is 4.65. The lowest BCUT2D eigenvalue weighted by molar-refractivity contribution is 0.0518. The van der Waals surface area contributed by atoms with E-state index in [0.29, 0.717) is 10.5 Å². The minimum Gasteiger partial charge on any atom is -0.444 e. The predicted octanol–water partition coefficient (Wildman–Crippen LogP) is 4.51. The molecule has 11 heteroatoms. The summed E-state index contributed by atoms with van der Waals surface area (Å²) in [5, 5.41) is 9.43. The molecule has 0 fully saturated rings. The SMILES string of the molecule is CC(C)(C)OC(=O)NCc1nnc(C(c2nc3ccc(-c4ccccc4)cc3s2)S(C)(=O)=O)o1. The van der Waals surface area contributed by atoms with Gasteiger partial charge in [0.15, 0.2) is 15.1 Å². The Morgan fingerprint density at radius 3 is 2.53 bits per heavy atom. The van der Waals surface area contributed by atoms with E-state index in [1.807, 2.05) is 48.5 Å². The van der Waals surface area contributed by atoms with Crippen LogP contribution < -0.4 is 5.32 Å². The van der Waals surface area contributed by atoms with Crippen molar-refractivity contribution in [2.24, 2.45) is 0 Å². The lowest BCUT2D eigenvalue weighted by Gasteiger charge is -2.19. The van der Waals surface area contributed by atoms with E-state index in [2.05, 4.69) is 20.5 Å². The van der Waals surface area contributed by atoms with Gasteiger partial charge in [0.1, 0.15) is 10.6 Å². The molecular formula is C23H24N4O5S2. The number of rotatable bonds is 6. The fraction of sp³-hybridized carbons (Fsp3) is 0.304. The fourth-order valence-corrected chi connectivity index (χ4v) is 5.77. The second kappa shape index (κ2) is 9.15. The van der Waals surface area contributed by atoms with Crippen molar-refractivity contribution in [2.75, 3.05) is 6.26 Å². The number of nitrogens with zero attached hydrogens (tertiary/aromatic N) is 3. The Morgan fingerprint density at radius 1 is 1.12 bits per heavy atom. The van der Waals surface area contributed by atoms with Crippen LogP contribution in [0.25, 0.3) is 21.3 Å². The maximum atomic E-state index is 12.7. The van der Waals surface area contributed by atoms with Gasteiger partial charge >= 0.3 is 6.09 Å². The molecule has 0 aliphatic rings. The van der Waals surface area contributed by atoms with Gasteiger partial charge in [-0.3, -0.25) is 0 Å². The molecular weight excluding hydrogens is 476 g/mol. The molecule has 0 radical (unpaired) electrons. The first-order valence-electron chi connectivity index (χ1n) is 10.4. The number of nitrogens with one attached hydrogen (secondary N) is 1. The quantitative estimate of drug-likeness (QED) is 0.410. The van der Waals surface area contributed by atoms with E-state index >= 15 is 0 Å². The molecule has 1 N–H and O–H groups in total. The van der Waals surface area contributed by atoms with Crippen LogP contribution in [0.15, 0.2) is 52.9 Å². The number of alkyl carbamates (subject to hydrolysis) is 1. The van der Waals surface area contributed by atoms with Gasteiger partial charge in [0.05, 0.1) is 16.8 Å². The van der Waals surface area contributed by atoms with Gasteiger partial charge in [-0.1, -0.05) is 36.4 Å².